The number of nitriles is 1. The molecule has 0 radical (unpaired) electrons. The first-order chi connectivity index (χ1) is 16.9. The Labute approximate surface area is 204 Å². The first-order valence-corrected chi connectivity index (χ1v) is 12.0. The Morgan fingerprint density at radius 2 is 2.09 bits per heavy atom. The normalized spacial score (nSPS) is 19.7. The predicted octanol–water partition coefficient (Wildman–Crippen LogP) is 4.36. The van der Waals surface area contributed by atoms with Gasteiger partial charge >= 0.3 is 0 Å². The van der Waals surface area contributed by atoms with E-state index in [1.165, 1.54) is 0 Å². The summed E-state index contributed by atoms with van der Waals surface area (Å²) in [4.78, 5) is 31.8. The number of benzene rings is 1. The van der Waals surface area contributed by atoms with E-state index >= 15 is 0 Å². The van der Waals surface area contributed by atoms with Crippen LogP contribution in [0, 0.1) is 22.7 Å². The zero-order valence-electron chi connectivity index (χ0n) is 19.9. The van der Waals surface area contributed by atoms with Crippen LogP contribution >= 0.6 is 0 Å². The molecule has 2 aliphatic rings. The van der Waals surface area contributed by atoms with Gasteiger partial charge in [-0.25, -0.2) is 4.98 Å². The zero-order chi connectivity index (χ0) is 24.6. The Morgan fingerprint density at radius 1 is 1.26 bits per heavy atom. The lowest BCUT2D eigenvalue weighted by Gasteiger charge is -2.21. The van der Waals surface area contributed by atoms with Crippen molar-refractivity contribution in [2.24, 2.45) is 11.3 Å². The fourth-order valence-corrected chi connectivity index (χ4v) is 4.79. The summed E-state index contributed by atoms with van der Waals surface area (Å²) in [5.41, 5.74) is 2.65. The Hall–Kier alpha value is -3.99. The van der Waals surface area contributed by atoms with Crippen LogP contribution in [-0.4, -0.2) is 33.1 Å². The second-order valence-electron chi connectivity index (χ2n) is 9.69. The van der Waals surface area contributed by atoms with Gasteiger partial charge in [0.05, 0.1) is 18.7 Å². The summed E-state index contributed by atoms with van der Waals surface area (Å²) in [5, 5.41) is 17.0. The lowest BCUT2D eigenvalue weighted by Crippen LogP contribution is -2.35. The van der Waals surface area contributed by atoms with Crippen LogP contribution < -0.4 is 10.2 Å². The molecule has 0 bridgehead atoms. The van der Waals surface area contributed by atoms with E-state index in [1.54, 1.807) is 23.2 Å². The number of hydrogen-bond acceptors (Lipinski definition) is 5. The van der Waals surface area contributed by atoms with Crippen LogP contribution in [0.3, 0.4) is 0 Å². The fourth-order valence-electron chi connectivity index (χ4n) is 4.79. The largest absolute Gasteiger partial charge is 0.311 e. The molecule has 1 saturated heterocycles. The van der Waals surface area contributed by atoms with Crippen molar-refractivity contribution >= 4 is 23.3 Å². The molecule has 3 aromatic rings. The summed E-state index contributed by atoms with van der Waals surface area (Å²) in [6.07, 6.45) is 8.03. The molecule has 8 heteroatoms. The number of nitrogens with zero attached hydrogens (tertiary/aromatic N) is 5. The van der Waals surface area contributed by atoms with Crippen LogP contribution in [0.4, 0.5) is 11.5 Å². The number of carbonyl (C=O) groups is 2. The highest BCUT2D eigenvalue weighted by atomic mass is 16.2. The molecule has 1 atom stereocenters. The summed E-state index contributed by atoms with van der Waals surface area (Å²) < 4.78 is 1.91. The van der Waals surface area contributed by atoms with Gasteiger partial charge in [-0.3, -0.25) is 14.3 Å². The van der Waals surface area contributed by atoms with Gasteiger partial charge < -0.3 is 10.2 Å². The van der Waals surface area contributed by atoms with Crippen molar-refractivity contribution in [2.45, 2.75) is 45.6 Å². The topological polar surface area (TPSA) is 104 Å². The summed E-state index contributed by atoms with van der Waals surface area (Å²) in [5.74, 6) is 0.224. The summed E-state index contributed by atoms with van der Waals surface area (Å²) >= 11 is 0. The average Bonchev–Trinajstić information content (AvgIpc) is 3.47. The van der Waals surface area contributed by atoms with Crippen LogP contribution in [0.1, 0.15) is 44.7 Å². The van der Waals surface area contributed by atoms with Crippen molar-refractivity contribution < 1.29 is 9.59 Å². The van der Waals surface area contributed by atoms with Crippen molar-refractivity contribution in [3.05, 3.63) is 60.6 Å². The highest BCUT2D eigenvalue weighted by molar-refractivity contribution is 6.02. The molecule has 0 spiro atoms. The lowest BCUT2D eigenvalue weighted by molar-refractivity contribution is -0.123. The first kappa shape index (κ1) is 22.8. The molecule has 8 nitrogen and oxygen atoms in total. The third-order valence-corrected chi connectivity index (χ3v) is 6.91. The van der Waals surface area contributed by atoms with Gasteiger partial charge in [-0.05, 0) is 56.2 Å². The molecular formula is C27H28N6O2. The highest BCUT2D eigenvalue weighted by Gasteiger charge is 2.56. The van der Waals surface area contributed by atoms with Crippen molar-refractivity contribution in [1.82, 2.24) is 14.8 Å². The average molecular weight is 469 g/mol. The second kappa shape index (κ2) is 8.99. The number of rotatable bonds is 7. The van der Waals surface area contributed by atoms with E-state index in [9.17, 15) is 14.9 Å². The molecule has 1 saturated carbocycles. The van der Waals surface area contributed by atoms with Crippen molar-refractivity contribution in [3.8, 4) is 17.2 Å². The molecule has 5 rings (SSSR count). The molecular weight excluding hydrogens is 440 g/mol. The summed E-state index contributed by atoms with van der Waals surface area (Å²) in [7, 11) is 0. The SMILES string of the molecule is CC(C)n1cc(-c2cccc(CC(=O)Nc3cc(N4CC[C@@](C#N)(C5CC5)C4=O)ccn3)c2)cn1. The van der Waals surface area contributed by atoms with E-state index in [4.69, 9.17) is 0 Å². The third-order valence-electron chi connectivity index (χ3n) is 6.91. The van der Waals surface area contributed by atoms with E-state index < -0.39 is 5.41 Å². The maximum Gasteiger partial charge on any atom is 0.247 e. The third kappa shape index (κ3) is 4.42. The Bertz CT molecular complexity index is 1320. The van der Waals surface area contributed by atoms with Gasteiger partial charge in [0.25, 0.3) is 0 Å². The number of pyridine rings is 1. The van der Waals surface area contributed by atoms with Gasteiger partial charge in [0, 0.05) is 42.3 Å². The lowest BCUT2D eigenvalue weighted by atomic mass is 9.83. The molecule has 1 aliphatic heterocycles. The molecule has 2 fully saturated rings. The van der Waals surface area contributed by atoms with Gasteiger partial charge in [-0.15, -0.1) is 0 Å². The molecule has 0 unspecified atom stereocenters. The number of anilines is 2. The molecule has 1 N–H and O–H groups in total. The van der Waals surface area contributed by atoms with Crippen LogP contribution in [-0.2, 0) is 16.0 Å². The van der Waals surface area contributed by atoms with E-state index in [0.29, 0.717) is 24.5 Å². The molecule has 35 heavy (non-hydrogen) atoms. The van der Waals surface area contributed by atoms with Crippen molar-refractivity contribution in [1.29, 1.82) is 5.26 Å². The van der Waals surface area contributed by atoms with E-state index in [-0.39, 0.29) is 30.2 Å². The summed E-state index contributed by atoms with van der Waals surface area (Å²) in [6, 6.07) is 13.9. The number of aromatic nitrogens is 3. The van der Waals surface area contributed by atoms with Crippen LogP contribution in [0.2, 0.25) is 0 Å². The first-order valence-electron chi connectivity index (χ1n) is 12.0. The molecule has 1 aromatic carbocycles. The van der Waals surface area contributed by atoms with Crippen molar-refractivity contribution in [2.75, 3.05) is 16.8 Å². The molecule has 3 heterocycles. The van der Waals surface area contributed by atoms with Gasteiger partial charge in [-0.2, -0.15) is 10.4 Å². The maximum absolute atomic E-state index is 13.1. The minimum absolute atomic E-state index is 0.136. The minimum Gasteiger partial charge on any atom is -0.311 e. The maximum atomic E-state index is 13.1. The molecule has 178 valence electrons. The predicted molar refractivity (Wildman–Crippen MR) is 132 cm³/mol. The van der Waals surface area contributed by atoms with Crippen LogP contribution in [0.25, 0.3) is 11.1 Å². The second-order valence-corrected chi connectivity index (χ2v) is 9.69. The number of hydrogen-bond donors (Lipinski definition) is 1. The highest BCUT2D eigenvalue weighted by Crippen LogP contribution is 2.51. The Balaban J connectivity index is 1.26. The van der Waals surface area contributed by atoms with E-state index in [2.05, 4.69) is 35.3 Å². The minimum atomic E-state index is -0.899. The number of carbonyl (C=O) groups excluding carboxylic acids is 2. The van der Waals surface area contributed by atoms with E-state index in [0.717, 1.165) is 29.5 Å². The van der Waals surface area contributed by atoms with Crippen molar-refractivity contribution in [3.63, 3.8) is 0 Å². The van der Waals surface area contributed by atoms with Gasteiger partial charge in [0.2, 0.25) is 11.8 Å². The fraction of sp³-hybridized carbons (Fsp3) is 0.370. The van der Waals surface area contributed by atoms with Crippen LogP contribution in [0.5, 0.6) is 0 Å². The van der Waals surface area contributed by atoms with Gasteiger partial charge in [-0.1, -0.05) is 24.3 Å². The Morgan fingerprint density at radius 3 is 2.80 bits per heavy atom. The molecule has 2 aromatic heterocycles. The van der Waals surface area contributed by atoms with E-state index in [1.807, 2.05) is 41.3 Å². The monoisotopic (exact) mass is 468 g/mol. The standard InChI is InChI=1S/C27H28N6O2/c1-18(2)33-16-21(15-30-33)20-5-3-4-19(12-20)13-25(34)31-24-14-23(8-10-29-24)32-11-9-27(17-28,26(32)35)22-6-7-22/h3-5,8,10,12,14-16,18,22H,6-7,9,11,13H2,1-2H3,(H,29,31,34)/t27-/m1/s1. The molecule has 2 amide bonds. The number of amides is 2. The summed E-state index contributed by atoms with van der Waals surface area (Å²) in [6.45, 7) is 4.65. The molecule has 1 aliphatic carbocycles. The quantitative estimate of drug-likeness (QED) is 0.555. The smallest absolute Gasteiger partial charge is 0.247 e. The zero-order valence-corrected chi connectivity index (χ0v) is 19.9. The van der Waals surface area contributed by atoms with Crippen LogP contribution in [0.15, 0.2) is 55.0 Å². The Kier molecular flexibility index (Phi) is 5.85. The van der Waals surface area contributed by atoms with Gasteiger partial charge in [0.15, 0.2) is 0 Å². The number of nitrogens with one attached hydrogen (secondary N) is 1. The van der Waals surface area contributed by atoms with Gasteiger partial charge in [0.1, 0.15) is 11.2 Å².